The molecule has 2 aromatic carbocycles. The van der Waals surface area contributed by atoms with Crippen molar-refractivity contribution < 1.29 is 4.39 Å². The molecule has 4 rings (SSSR count). The second-order valence-corrected chi connectivity index (χ2v) is 9.20. The molecule has 188 valence electrons. The zero-order chi connectivity index (χ0) is 25.8. The fraction of sp³-hybridized carbons (Fsp3) is 0.321. The first-order chi connectivity index (χ1) is 17.3. The monoisotopic (exact) mass is 487 g/mol. The van der Waals surface area contributed by atoms with Crippen LogP contribution in [0.3, 0.4) is 0 Å². The summed E-state index contributed by atoms with van der Waals surface area (Å²) in [5.74, 6) is 0.0958. The van der Waals surface area contributed by atoms with Gasteiger partial charge < -0.3 is 16.0 Å². The largest absolute Gasteiger partial charge is 0.382 e. The summed E-state index contributed by atoms with van der Waals surface area (Å²) in [6.45, 7) is 14.2. The standard InChI is InChI=1S/C28H34FN7/c1-6-20-7-8-22(17-24(20)32-19(4)31-5)26-28(30)34-27(29)25(33-26)21-9-11-23(12-10-21)36-15-13-35(14-16-36)18(2)3/h6-12,17-18H,1,13-16H2,2-5H3,(H2,30,34)(H,31,32). The molecule has 0 radical (unpaired) electrons. The van der Waals surface area contributed by atoms with Crippen LogP contribution in [-0.2, 0) is 0 Å². The lowest BCUT2D eigenvalue weighted by molar-refractivity contribution is 0.209. The lowest BCUT2D eigenvalue weighted by Gasteiger charge is -2.38. The molecule has 2 heterocycles. The van der Waals surface area contributed by atoms with Crippen LogP contribution in [0.5, 0.6) is 0 Å². The molecular weight excluding hydrogens is 453 g/mol. The van der Waals surface area contributed by atoms with Crippen LogP contribution in [0.15, 0.2) is 54.0 Å². The SMILES string of the molecule is C=Cc1ccc(-c2nc(-c3ccc(N4CCN(C(C)C)CC4)cc3)c(F)nc2N)cc1NC(C)=NC. The molecule has 36 heavy (non-hydrogen) atoms. The molecule has 0 atom stereocenters. The summed E-state index contributed by atoms with van der Waals surface area (Å²) in [6, 6.07) is 14.1. The number of amidine groups is 1. The Morgan fingerprint density at radius 2 is 1.72 bits per heavy atom. The number of anilines is 3. The molecule has 0 saturated carbocycles. The summed E-state index contributed by atoms with van der Waals surface area (Å²) >= 11 is 0. The van der Waals surface area contributed by atoms with Crippen molar-refractivity contribution >= 4 is 29.1 Å². The van der Waals surface area contributed by atoms with Crippen LogP contribution in [0, 0.1) is 5.95 Å². The lowest BCUT2D eigenvalue weighted by Crippen LogP contribution is -2.48. The topological polar surface area (TPSA) is 82.7 Å². The molecule has 1 aliphatic rings. The smallest absolute Gasteiger partial charge is 0.241 e. The Morgan fingerprint density at radius 1 is 1.06 bits per heavy atom. The highest BCUT2D eigenvalue weighted by atomic mass is 19.1. The Morgan fingerprint density at radius 3 is 2.33 bits per heavy atom. The lowest BCUT2D eigenvalue weighted by atomic mass is 10.0. The molecule has 0 unspecified atom stereocenters. The number of nitrogen functional groups attached to an aromatic ring is 1. The van der Waals surface area contributed by atoms with Gasteiger partial charge in [0.25, 0.3) is 0 Å². The molecule has 3 aromatic rings. The van der Waals surface area contributed by atoms with Gasteiger partial charge >= 0.3 is 0 Å². The number of rotatable bonds is 6. The molecule has 1 aromatic heterocycles. The van der Waals surface area contributed by atoms with Crippen LogP contribution in [0.1, 0.15) is 26.3 Å². The minimum atomic E-state index is -0.690. The fourth-order valence-corrected chi connectivity index (χ4v) is 4.39. The number of aliphatic imine (C=N–C) groups is 1. The van der Waals surface area contributed by atoms with Gasteiger partial charge in [-0.2, -0.15) is 9.37 Å². The third kappa shape index (κ3) is 5.39. The van der Waals surface area contributed by atoms with Crippen molar-refractivity contribution in [3.63, 3.8) is 0 Å². The third-order valence-electron chi connectivity index (χ3n) is 6.63. The Balaban J connectivity index is 1.63. The van der Waals surface area contributed by atoms with Crippen LogP contribution in [-0.4, -0.2) is 60.0 Å². The number of halogens is 1. The Hall–Kier alpha value is -3.78. The molecular formula is C28H34FN7. The summed E-state index contributed by atoms with van der Waals surface area (Å²) in [6.07, 6.45) is 1.75. The van der Waals surface area contributed by atoms with Gasteiger partial charge in [-0.1, -0.05) is 36.9 Å². The quantitative estimate of drug-likeness (QED) is 0.369. The van der Waals surface area contributed by atoms with E-state index in [2.05, 4.69) is 50.5 Å². The van der Waals surface area contributed by atoms with Crippen LogP contribution in [0.2, 0.25) is 0 Å². The van der Waals surface area contributed by atoms with Gasteiger partial charge in [-0.25, -0.2) is 4.98 Å². The number of hydrogen-bond acceptors (Lipinski definition) is 6. The van der Waals surface area contributed by atoms with Crippen molar-refractivity contribution in [3.8, 4) is 22.5 Å². The summed E-state index contributed by atoms with van der Waals surface area (Å²) in [5.41, 5.74) is 10.9. The highest BCUT2D eigenvalue weighted by Crippen LogP contribution is 2.32. The van der Waals surface area contributed by atoms with Gasteiger partial charge in [-0.3, -0.25) is 9.89 Å². The van der Waals surface area contributed by atoms with Crippen LogP contribution >= 0.6 is 0 Å². The number of benzene rings is 2. The maximum absolute atomic E-state index is 14.9. The molecule has 8 heteroatoms. The highest BCUT2D eigenvalue weighted by molar-refractivity contribution is 5.96. The van der Waals surface area contributed by atoms with Gasteiger partial charge in [0.05, 0.1) is 5.84 Å². The van der Waals surface area contributed by atoms with Gasteiger partial charge in [-0.05, 0) is 44.5 Å². The molecule has 1 fully saturated rings. The highest BCUT2D eigenvalue weighted by Gasteiger charge is 2.20. The van der Waals surface area contributed by atoms with Crippen molar-refractivity contribution in [3.05, 3.63) is 60.6 Å². The van der Waals surface area contributed by atoms with E-state index in [-0.39, 0.29) is 11.5 Å². The first kappa shape index (κ1) is 25.3. The minimum Gasteiger partial charge on any atom is -0.382 e. The van der Waals surface area contributed by atoms with E-state index in [1.54, 1.807) is 13.1 Å². The number of nitrogens with zero attached hydrogens (tertiary/aromatic N) is 5. The molecule has 0 amide bonds. The average molecular weight is 488 g/mol. The molecule has 0 bridgehead atoms. The van der Waals surface area contributed by atoms with Crippen LogP contribution in [0.4, 0.5) is 21.6 Å². The van der Waals surface area contributed by atoms with Crippen LogP contribution < -0.4 is 16.0 Å². The first-order valence-corrected chi connectivity index (χ1v) is 12.2. The number of nitrogens with one attached hydrogen (secondary N) is 1. The predicted octanol–water partition coefficient (Wildman–Crippen LogP) is 5.17. The van der Waals surface area contributed by atoms with E-state index in [1.165, 1.54) is 0 Å². The summed E-state index contributed by atoms with van der Waals surface area (Å²) < 4.78 is 14.9. The van der Waals surface area contributed by atoms with Crippen LogP contribution in [0.25, 0.3) is 28.6 Å². The summed E-state index contributed by atoms with van der Waals surface area (Å²) in [7, 11) is 1.71. The van der Waals surface area contributed by atoms with E-state index in [1.807, 2.05) is 49.4 Å². The number of hydrogen-bond donors (Lipinski definition) is 2. The maximum atomic E-state index is 14.9. The Kier molecular flexibility index (Phi) is 7.64. The molecule has 0 spiro atoms. The average Bonchev–Trinajstić information content (AvgIpc) is 2.89. The number of aromatic nitrogens is 2. The fourth-order valence-electron chi connectivity index (χ4n) is 4.39. The van der Waals surface area contributed by atoms with E-state index in [0.29, 0.717) is 17.3 Å². The second kappa shape index (κ2) is 10.9. The molecule has 0 aliphatic carbocycles. The van der Waals surface area contributed by atoms with Crippen molar-refractivity contribution in [2.75, 3.05) is 49.2 Å². The molecule has 1 aliphatic heterocycles. The minimum absolute atomic E-state index is 0.0362. The zero-order valence-corrected chi connectivity index (χ0v) is 21.4. The van der Waals surface area contributed by atoms with Crippen molar-refractivity contribution in [2.45, 2.75) is 26.8 Å². The van der Waals surface area contributed by atoms with Crippen molar-refractivity contribution in [1.82, 2.24) is 14.9 Å². The Labute approximate surface area is 212 Å². The molecule has 7 nitrogen and oxygen atoms in total. The van der Waals surface area contributed by atoms with E-state index in [4.69, 9.17) is 5.73 Å². The van der Waals surface area contributed by atoms with Crippen molar-refractivity contribution in [2.24, 2.45) is 4.99 Å². The second-order valence-electron chi connectivity index (χ2n) is 9.20. The first-order valence-electron chi connectivity index (χ1n) is 12.2. The summed E-state index contributed by atoms with van der Waals surface area (Å²) in [5, 5.41) is 3.25. The molecule has 3 N–H and O–H groups in total. The zero-order valence-electron chi connectivity index (χ0n) is 21.4. The number of nitrogens with two attached hydrogens (primary N) is 1. The predicted molar refractivity (Wildman–Crippen MR) is 149 cm³/mol. The third-order valence-corrected chi connectivity index (χ3v) is 6.63. The van der Waals surface area contributed by atoms with Crippen molar-refractivity contribution in [1.29, 1.82) is 0 Å². The number of piperazine rings is 1. The summed E-state index contributed by atoms with van der Waals surface area (Å²) in [4.78, 5) is 17.6. The van der Waals surface area contributed by atoms with E-state index < -0.39 is 5.95 Å². The van der Waals surface area contributed by atoms with E-state index in [0.717, 1.165) is 54.5 Å². The van der Waals surface area contributed by atoms with Gasteiger partial charge in [0.2, 0.25) is 5.95 Å². The van der Waals surface area contributed by atoms with Gasteiger partial charge in [-0.15, -0.1) is 0 Å². The maximum Gasteiger partial charge on any atom is 0.241 e. The van der Waals surface area contributed by atoms with Gasteiger partial charge in [0.1, 0.15) is 11.4 Å². The van der Waals surface area contributed by atoms with Gasteiger partial charge in [0.15, 0.2) is 5.82 Å². The van der Waals surface area contributed by atoms with Gasteiger partial charge in [0, 0.05) is 61.8 Å². The normalized spacial score (nSPS) is 14.8. The van der Waals surface area contributed by atoms with E-state index >= 15 is 0 Å². The molecule has 1 saturated heterocycles. The van der Waals surface area contributed by atoms with E-state index in [9.17, 15) is 4.39 Å². The Bertz CT molecular complexity index is 1260.